The van der Waals surface area contributed by atoms with E-state index in [1.807, 2.05) is 5.38 Å². The number of amides is 1. The summed E-state index contributed by atoms with van der Waals surface area (Å²) < 4.78 is 7.17. The van der Waals surface area contributed by atoms with E-state index in [-0.39, 0.29) is 18.5 Å². The van der Waals surface area contributed by atoms with Gasteiger partial charge >= 0.3 is 0 Å². The number of aromatic nitrogens is 3. The number of hydrogen-bond acceptors (Lipinski definition) is 5. The van der Waals surface area contributed by atoms with E-state index >= 15 is 0 Å². The Bertz CT molecular complexity index is 1220. The lowest BCUT2D eigenvalue weighted by molar-refractivity contribution is -0.118. The summed E-state index contributed by atoms with van der Waals surface area (Å²) >= 11 is 13.4. The summed E-state index contributed by atoms with van der Waals surface area (Å²) in [6.45, 7) is 3.89. The van der Waals surface area contributed by atoms with Gasteiger partial charge < -0.3 is 4.74 Å². The summed E-state index contributed by atoms with van der Waals surface area (Å²) in [5, 5.41) is 9.91. The second-order valence-corrected chi connectivity index (χ2v) is 8.16. The molecule has 0 aliphatic carbocycles. The standard InChI is InChI=1S/C20H16Cl2N4O2S/c1-11-3-5-14(12(2)7-11)16-10-29-20-24-19(25-26(16)20)23-18(27)9-28-17-6-4-13(21)8-15(17)22/h3-8,10H,9H2,1-2H3,(H,23,25,27). The molecule has 0 saturated carbocycles. The van der Waals surface area contributed by atoms with Crippen LogP contribution in [0.25, 0.3) is 16.2 Å². The molecule has 0 atom stereocenters. The fraction of sp³-hybridized carbons (Fsp3) is 0.150. The van der Waals surface area contributed by atoms with Crippen molar-refractivity contribution >= 4 is 51.4 Å². The van der Waals surface area contributed by atoms with E-state index in [9.17, 15) is 4.79 Å². The SMILES string of the molecule is Cc1ccc(-c2csc3nc(NC(=O)COc4ccc(Cl)cc4Cl)nn23)c(C)c1. The number of halogens is 2. The van der Waals surface area contributed by atoms with E-state index in [1.165, 1.54) is 16.9 Å². The highest BCUT2D eigenvalue weighted by Crippen LogP contribution is 2.29. The maximum Gasteiger partial charge on any atom is 0.264 e. The molecule has 0 spiro atoms. The normalized spacial score (nSPS) is 11.0. The zero-order valence-electron chi connectivity index (χ0n) is 15.6. The van der Waals surface area contributed by atoms with Gasteiger partial charge in [0, 0.05) is 16.0 Å². The molecule has 0 fully saturated rings. The van der Waals surface area contributed by atoms with Gasteiger partial charge in [-0.3, -0.25) is 10.1 Å². The highest BCUT2D eigenvalue weighted by atomic mass is 35.5. The number of aryl methyl sites for hydroxylation is 2. The Kier molecular flexibility index (Phi) is 5.45. The van der Waals surface area contributed by atoms with Gasteiger partial charge in [0.2, 0.25) is 4.96 Å². The molecule has 0 bridgehead atoms. The van der Waals surface area contributed by atoms with Crippen molar-refractivity contribution in [3.63, 3.8) is 0 Å². The number of fused-ring (bicyclic) bond motifs is 1. The summed E-state index contributed by atoms with van der Waals surface area (Å²) in [6.07, 6.45) is 0. The summed E-state index contributed by atoms with van der Waals surface area (Å²) in [5.74, 6) is 0.211. The van der Waals surface area contributed by atoms with Gasteiger partial charge in [-0.05, 0) is 37.6 Å². The van der Waals surface area contributed by atoms with Crippen molar-refractivity contribution in [3.05, 3.63) is 63.0 Å². The second kappa shape index (κ2) is 8.02. The van der Waals surface area contributed by atoms with Gasteiger partial charge in [0.25, 0.3) is 11.9 Å². The predicted molar refractivity (Wildman–Crippen MR) is 116 cm³/mol. The Morgan fingerprint density at radius 2 is 2.03 bits per heavy atom. The minimum Gasteiger partial charge on any atom is -0.482 e. The van der Waals surface area contributed by atoms with E-state index in [1.54, 1.807) is 22.7 Å². The average Bonchev–Trinajstić information content (AvgIpc) is 3.21. The topological polar surface area (TPSA) is 68.5 Å². The van der Waals surface area contributed by atoms with Crippen LogP contribution in [0, 0.1) is 13.8 Å². The molecule has 1 N–H and O–H groups in total. The highest BCUT2D eigenvalue weighted by molar-refractivity contribution is 7.15. The Hall–Kier alpha value is -2.61. The Morgan fingerprint density at radius 1 is 1.21 bits per heavy atom. The van der Waals surface area contributed by atoms with Crippen LogP contribution in [0.3, 0.4) is 0 Å². The third-order valence-electron chi connectivity index (χ3n) is 4.24. The Labute approximate surface area is 181 Å². The molecule has 2 heterocycles. The second-order valence-electron chi connectivity index (χ2n) is 6.48. The van der Waals surface area contributed by atoms with E-state index in [4.69, 9.17) is 27.9 Å². The van der Waals surface area contributed by atoms with Crippen molar-refractivity contribution in [2.45, 2.75) is 13.8 Å². The number of thiazole rings is 1. The van der Waals surface area contributed by atoms with Crippen LogP contribution in [0.5, 0.6) is 5.75 Å². The van der Waals surface area contributed by atoms with E-state index in [2.05, 4.69) is 47.4 Å². The van der Waals surface area contributed by atoms with Crippen LogP contribution in [0.2, 0.25) is 10.0 Å². The van der Waals surface area contributed by atoms with Crippen molar-refractivity contribution in [1.29, 1.82) is 0 Å². The van der Waals surface area contributed by atoms with Crippen LogP contribution in [-0.2, 0) is 4.79 Å². The summed E-state index contributed by atoms with van der Waals surface area (Å²) in [6, 6.07) is 11.0. The molecule has 0 aliphatic rings. The number of nitrogens with one attached hydrogen (secondary N) is 1. The smallest absolute Gasteiger partial charge is 0.264 e. The molecule has 2 aromatic carbocycles. The lowest BCUT2D eigenvalue weighted by atomic mass is 10.0. The lowest BCUT2D eigenvalue weighted by Gasteiger charge is -2.07. The van der Waals surface area contributed by atoms with Crippen molar-refractivity contribution in [3.8, 4) is 17.0 Å². The average molecular weight is 447 g/mol. The van der Waals surface area contributed by atoms with Gasteiger partial charge in [-0.25, -0.2) is 4.52 Å². The highest BCUT2D eigenvalue weighted by Gasteiger charge is 2.15. The molecule has 0 aliphatic heterocycles. The number of anilines is 1. The summed E-state index contributed by atoms with van der Waals surface area (Å²) in [7, 11) is 0. The fourth-order valence-electron chi connectivity index (χ4n) is 2.92. The molecule has 0 saturated heterocycles. The maximum atomic E-state index is 12.2. The van der Waals surface area contributed by atoms with Gasteiger partial charge in [-0.15, -0.1) is 16.4 Å². The molecular formula is C20H16Cl2N4O2S. The number of hydrogen-bond donors (Lipinski definition) is 1. The van der Waals surface area contributed by atoms with Crippen LogP contribution in [0.15, 0.2) is 41.8 Å². The van der Waals surface area contributed by atoms with E-state index in [0.29, 0.717) is 20.8 Å². The molecule has 29 heavy (non-hydrogen) atoms. The van der Waals surface area contributed by atoms with Crippen molar-refractivity contribution in [1.82, 2.24) is 14.6 Å². The summed E-state index contributed by atoms with van der Waals surface area (Å²) in [4.78, 5) is 17.3. The van der Waals surface area contributed by atoms with Crippen LogP contribution in [-0.4, -0.2) is 27.1 Å². The molecule has 1 amide bonds. The number of ether oxygens (including phenoxy) is 1. The van der Waals surface area contributed by atoms with Crippen LogP contribution < -0.4 is 10.1 Å². The van der Waals surface area contributed by atoms with Gasteiger partial charge in [-0.1, -0.05) is 47.0 Å². The lowest BCUT2D eigenvalue weighted by Crippen LogP contribution is -2.21. The van der Waals surface area contributed by atoms with Crippen molar-refractivity contribution in [2.24, 2.45) is 0 Å². The predicted octanol–water partition coefficient (Wildman–Crippen LogP) is 5.40. The first-order valence-corrected chi connectivity index (χ1v) is 10.3. The van der Waals surface area contributed by atoms with E-state index in [0.717, 1.165) is 16.8 Å². The first-order chi connectivity index (χ1) is 13.9. The fourth-order valence-corrected chi connectivity index (χ4v) is 4.20. The molecule has 4 rings (SSSR count). The zero-order chi connectivity index (χ0) is 20.5. The first-order valence-electron chi connectivity index (χ1n) is 8.70. The first kappa shape index (κ1) is 19.7. The molecule has 0 unspecified atom stereocenters. The van der Waals surface area contributed by atoms with E-state index < -0.39 is 0 Å². The number of carbonyl (C=O) groups is 1. The molecule has 2 aromatic heterocycles. The number of nitrogens with zero attached hydrogens (tertiary/aromatic N) is 3. The van der Waals surface area contributed by atoms with Crippen molar-refractivity contribution < 1.29 is 9.53 Å². The van der Waals surface area contributed by atoms with Crippen LogP contribution >= 0.6 is 34.5 Å². The van der Waals surface area contributed by atoms with Gasteiger partial charge in [0.15, 0.2) is 6.61 Å². The minimum atomic E-state index is -0.387. The maximum absolute atomic E-state index is 12.2. The Balaban J connectivity index is 1.49. The Morgan fingerprint density at radius 3 is 2.79 bits per heavy atom. The minimum absolute atomic E-state index is 0.221. The molecule has 148 valence electrons. The number of carbonyl (C=O) groups excluding carboxylic acids is 1. The molecule has 0 radical (unpaired) electrons. The van der Waals surface area contributed by atoms with Crippen LogP contribution in [0.1, 0.15) is 11.1 Å². The number of benzene rings is 2. The van der Waals surface area contributed by atoms with Crippen molar-refractivity contribution in [2.75, 3.05) is 11.9 Å². The number of rotatable bonds is 5. The van der Waals surface area contributed by atoms with Gasteiger partial charge in [0.1, 0.15) is 5.75 Å². The monoisotopic (exact) mass is 446 g/mol. The van der Waals surface area contributed by atoms with Gasteiger partial charge in [0.05, 0.1) is 10.7 Å². The third-order valence-corrected chi connectivity index (χ3v) is 5.59. The molecule has 4 aromatic rings. The van der Waals surface area contributed by atoms with Gasteiger partial charge in [-0.2, -0.15) is 4.98 Å². The molecular weight excluding hydrogens is 431 g/mol. The van der Waals surface area contributed by atoms with Crippen LogP contribution in [0.4, 0.5) is 5.95 Å². The summed E-state index contributed by atoms with van der Waals surface area (Å²) in [5.41, 5.74) is 4.36. The molecule has 6 nitrogen and oxygen atoms in total. The third kappa shape index (κ3) is 4.22. The zero-order valence-corrected chi connectivity index (χ0v) is 17.9. The molecule has 9 heteroatoms. The largest absolute Gasteiger partial charge is 0.482 e. The quantitative estimate of drug-likeness (QED) is 0.445.